The smallest absolute Gasteiger partial charge is 0.411 e. The van der Waals surface area contributed by atoms with Gasteiger partial charge in [-0.25, -0.2) is 4.79 Å². The summed E-state index contributed by atoms with van der Waals surface area (Å²) in [5.74, 6) is 1.54. The highest BCUT2D eigenvalue weighted by Crippen LogP contribution is 2.61. The van der Waals surface area contributed by atoms with Crippen LogP contribution in [0.15, 0.2) is 42.5 Å². The van der Waals surface area contributed by atoms with E-state index in [9.17, 15) is 19.8 Å². The summed E-state index contributed by atoms with van der Waals surface area (Å²) in [6.45, 7) is 4.42. The van der Waals surface area contributed by atoms with Gasteiger partial charge in [-0.3, -0.25) is 10.1 Å². The van der Waals surface area contributed by atoms with E-state index in [-0.39, 0.29) is 37.6 Å². The van der Waals surface area contributed by atoms with Gasteiger partial charge in [0.05, 0.1) is 19.8 Å². The van der Waals surface area contributed by atoms with Crippen molar-refractivity contribution in [3.63, 3.8) is 0 Å². The van der Waals surface area contributed by atoms with Crippen LogP contribution < -0.4 is 24.8 Å². The number of amides is 2. The summed E-state index contributed by atoms with van der Waals surface area (Å²) in [6.07, 6.45) is 0.797. The summed E-state index contributed by atoms with van der Waals surface area (Å²) < 4.78 is 21.9. The molecule has 4 N–H and O–H groups in total. The lowest BCUT2D eigenvalue weighted by atomic mass is 9.46. The standard InChI is InChI=1S/C31H40N2O8/c1-30-13-12-27(41-29(37)33-20-5-7-21(38-3)8-6-20)31(2,17-34)26(30)11-9-23(35)22(30)15-28(36)32-16-19-4-10-24-25(14-19)40-18-39-24/h4-8,10,14,22-23,26-27,34-35H,9,11-13,15-18H2,1-3H3,(H,32,36)(H,33,37)/t22-,23-,26?,27-,30+,31+/m1/s1. The Morgan fingerprint density at radius 3 is 2.54 bits per heavy atom. The molecule has 0 bridgehead atoms. The fourth-order valence-corrected chi connectivity index (χ4v) is 7.25. The van der Waals surface area contributed by atoms with Crippen LogP contribution in [0.5, 0.6) is 17.2 Å². The van der Waals surface area contributed by atoms with Gasteiger partial charge in [0, 0.05) is 24.1 Å². The van der Waals surface area contributed by atoms with Crippen LogP contribution in [0.25, 0.3) is 0 Å². The van der Waals surface area contributed by atoms with E-state index in [1.165, 1.54) is 0 Å². The molecule has 2 aliphatic carbocycles. The normalized spacial score (nSPS) is 30.2. The molecule has 0 saturated heterocycles. The lowest BCUT2D eigenvalue weighted by molar-refractivity contribution is -0.185. The Bertz CT molecular complexity index is 1250. The molecule has 10 nitrogen and oxygen atoms in total. The van der Waals surface area contributed by atoms with E-state index >= 15 is 0 Å². The zero-order valence-electron chi connectivity index (χ0n) is 23.9. The number of aliphatic hydroxyl groups is 2. The molecule has 6 atom stereocenters. The predicted molar refractivity (Wildman–Crippen MR) is 151 cm³/mol. The van der Waals surface area contributed by atoms with Gasteiger partial charge in [-0.2, -0.15) is 0 Å². The van der Waals surface area contributed by atoms with Gasteiger partial charge in [-0.05, 0) is 84.9 Å². The van der Waals surface area contributed by atoms with Crippen LogP contribution in [0.2, 0.25) is 0 Å². The summed E-state index contributed by atoms with van der Waals surface area (Å²) in [5, 5.41) is 27.5. The average Bonchev–Trinajstić information content (AvgIpc) is 3.44. The third-order valence-corrected chi connectivity index (χ3v) is 9.59. The lowest BCUT2D eigenvalue weighted by Gasteiger charge is -2.60. The highest BCUT2D eigenvalue weighted by molar-refractivity contribution is 5.84. The quantitative estimate of drug-likeness (QED) is 0.372. The van der Waals surface area contributed by atoms with Gasteiger partial charge >= 0.3 is 6.09 Å². The highest BCUT2D eigenvalue weighted by Gasteiger charge is 2.60. The van der Waals surface area contributed by atoms with Crippen LogP contribution in [0.1, 0.15) is 51.5 Å². The average molecular weight is 569 g/mol. The first kappa shape index (κ1) is 29.0. The molecule has 0 spiro atoms. The second kappa shape index (κ2) is 11.8. The molecule has 0 aromatic heterocycles. The SMILES string of the molecule is COc1ccc(NC(=O)O[C@@H]2CC[C@]3(C)C(CC[C@@H](O)[C@H]3CC(=O)NCc3ccc4c(c3)OCO4)[C@]2(C)CO)cc1. The van der Waals surface area contributed by atoms with Crippen molar-refractivity contribution >= 4 is 17.7 Å². The molecule has 222 valence electrons. The number of hydrogen-bond donors (Lipinski definition) is 4. The van der Waals surface area contributed by atoms with Crippen molar-refractivity contribution in [3.05, 3.63) is 48.0 Å². The number of ether oxygens (including phenoxy) is 4. The van der Waals surface area contributed by atoms with Gasteiger partial charge < -0.3 is 34.5 Å². The molecule has 2 aromatic carbocycles. The number of nitrogens with one attached hydrogen (secondary N) is 2. The zero-order chi connectivity index (χ0) is 29.2. The van der Waals surface area contributed by atoms with Crippen molar-refractivity contribution in [3.8, 4) is 17.2 Å². The third kappa shape index (κ3) is 5.81. The van der Waals surface area contributed by atoms with Crippen molar-refractivity contribution in [2.45, 2.75) is 64.7 Å². The molecular formula is C31H40N2O8. The van der Waals surface area contributed by atoms with Crippen LogP contribution in [0, 0.1) is 22.7 Å². The summed E-state index contributed by atoms with van der Waals surface area (Å²) in [7, 11) is 1.58. The van der Waals surface area contributed by atoms with Gasteiger partial charge in [0.1, 0.15) is 11.9 Å². The van der Waals surface area contributed by atoms with E-state index in [1.807, 2.05) is 25.1 Å². The fourth-order valence-electron chi connectivity index (χ4n) is 7.25. The maximum atomic E-state index is 13.1. The van der Waals surface area contributed by atoms with Gasteiger partial charge in [-0.15, -0.1) is 0 Å². The molecule has 0 radical (unpaired) electrons. The van der Waals surface area contributed by atoms with E-state index in [0.29, 0.717) is 55.2 Å². The first-order chi connectivity index (χ1) is 19.7. The van der Waals surface area contributed by atoms with Crippen LogP contribution in [0.4, 0.5) is 10.5 Å². The Labute approximate surface area is 240 Å². The number of carbonyl (C=O) groups is 2. The number of methoxy groups -OCH3 is 1. The number of rotatable bonds is 8. The molecule has 5 rings (SSSR count). The minimum atomic E-state index is -0.731. The highest BCUT2D eigenvalue weighted by atomic mass is 16.7. The van der Waals surface area contributed by atoms with Crippen LogP contribution in [-0.2, 0) is 16.1 Å². The van der Waals surface area contributed by atoms with Crippen LogP contribution >= 0.6 is 0 Å². The van der Waals surface area contributed by atoms with Crippen molar-refractivity contribution in [1.82, 2.24) is 5.32 Å². The maximum Gasteiger partial charge on any atom is 0.411 e. The summed E-state index contributed by atoms with van der Waals surface area (Å²) in [6, 6.07) is 12.5. The number of hydrogen-bond acceptors (Lipinski definition) is 8. The number of fused-ring (bicyclic) bond motifs is 2. The number of benzene rings is 2. The second-order valence-corrected chi connectivity index (χ2v) is 11.9. The van der Waals surface area contributed by atoms with Gasteiger partial charge in [0.15, 0.2) is 11.5 Å². The lowest BCUT2D eigenvalue weighted by Crippen LogP contribution is -2.61. The van der Waals surface area contributed by atoms with Crippen LogP contribution in [0.3, 0.4) is 0 Å². The number of anilines is 1. The number of aliphatic hydroxyl groups excluding tert-OH is 2. The summed E-state index contributed by atoms with van der Waals surface area (Å²) in [5.41, 5.74) is 0.326. The van der Waals surface area contributed by atoms with Crippen molar-refractivity contribution in [2.75, 3.05) is 25.8 Å². The zero-order valence-corrected chi connectivity index (χ0v) is 23.9. The van der Waals surface area contributed by atoms with Crippen molar-refractivity contribution < 1.29 is 38.7 Å². The van der Waals surface area contributed by atoms with E-state index in [4.69, 9.17) is 18.9 Å². The molecular weight excluding hydrogens is 528 g/mol. The minimum Gasteiger partial charge on any atom is -0.497 e. The minimum absolute atomic E-state index is 0.0532. The number of carbonyl (C=O) groups excluding carboxylic acids is 2. The Hall–Kier alpha value is -3.50. The molecule has 1 heterocycles. The Balaban J connectivity index is 1.24. The van der Waals surface area contributed by atoms with Crippen LogP contribution in [-0.4, -0.2) is 54.9 Å². The molecule has 1 aliphatic heterocycles. The van der Waals surface area contributed by atoms with Gasteiger partial charge in [0.25, 0.3) is 0 Å². The maximum absolute atomic E-state index is 13.1. The molecule has 1 unspecified atom stereocenters. The largest absolute Gasteiger partial charge is 0.497 e. The molecule has 3 aliphatic rings. The Kier molecular flexibility index (Phi) is 8.33. The van der Waals surface area contributed by atoms with Gasteiger partial charge in [0.2, 0.25) is 12.7 Å². The molecule has 2 fully saturated rings. The van der Waals surface area contributed by atoms with Gasteiger partial charge in [-0.1, -0.05) is 19.9 Å². The fraction of sp³-hybridized carbons (Fsp3) is 0.548. The first-order valence-electron chi connectivity index (χ1n) is 14.2. The molecule has 10 heteroatoms. The van der Waals surface area contributed by atoms with Crippen molar-refractivity contribution in [2.24, 2.45) is 22.7 Å². The molecule has 2 amide bonds. The molecule has 41 heavy (non-hydrogen) atoms. The van der Waals surface area contributed by atoms with Crippen molar-refractivity contribution in [1.29, 1.82) is 0 Å². The molecule has 2 aromatic rings. The summed E-state index contributed by atoms with van der Waals surface area (Å²) >= 11 is 0. The van der Waals surface area contributed by atoms with E-state index in [0.717, 1.165) is 5.56 Å². The second-order valence-electron chi connectivity index (χ2n) is 11.9. The topological polar surface area (TPSA) is 136 Å². The monoisotopic (exact) mass is 568 g/mol. The third-order valence-electron chi connectivity index (χ3n) is 9.59. The first-order valence-corrected chi connectivity index (χ1v) is 14.2. The van der Waals surface area contributed by atoms with E-state index in [2.05, 4.69) is 17.6 Å². The predicted octanol–water partition coefficient (Wildman–Crippen LogP) is 4.23. The Morgan fingerprint density at radius 2 is 1.80 bits per heavy atom. The molecule has 2 saturated carbocycles. The van der Waals surface area contributed by atoms with E-state index < -0.39 is 29.1 Å². The summed E-state index contributed by atoms with van der Waals surface area (Å²) in [4.78, 5) is 26.0. The van der Waals surface area contributed by atoms with E-state index in [1.54, 1.807) is 31.4 Å². The Morgan fingerprint density at radius 1 is 1.05 bits per heavy atom.